The fourth-order valence-electron chi connectivity index (χ4n) is 3.63. The smallest absolute Gasteiger partial charge is 0.137 e. The average molecular weight is 371 g/mol. The molecule has 27 heavy (non-hydrogen) atoms. The molecule has 2 aromatic rings. The molecule has 146 valence electrons. The largest absolute Gasteiger partial charge is 0.508 e. The summed E-state index contributed by atoms with van der Waals surface area (Å²) in [4.78, 5) is 2.11. The van der Waals surface area contributed by atoms with E-state index in [9.17, 15) is 15.3 Å². The summed E-state index contributed by atoms with van der Waals surface area (Å²) in [6.07, 6.45) is -0.330. The van der Waals surface area contributed by atoms with Crippen molar-refractivity contribution in [3.05, 3.63) is 58.7 Å². The minimum absolute atomic E-state index is 0.0456. The number of aliphatic hydroxyl groups excluding tert-OH is 1. The van der Waals surface area contributed by atoms with Crippen LogP contribution in [0.25, 0.3) is 0 Å². The minimum atomic E-state index is -1.32. The van der Waals surface area contributed by atoms with Gasteiger partial charge in [-0.15, -0.1) is 0 Å². The molecule has 1 aliphatic rings. The maximum Gasteiger partial charge on any atom is 0.137 e. The highest BCUT2D eigenvalue weighted by molar-refractivity contribution is 5.42. The first kappa shape index (κ1) is 19.7. The monoisotopic (exact) mass is 371 g/mol. The predicted octanol–water partition coefficient (Wildman–Crippen LogP) is 2.69. The average Bonchev–Trinajstić information content (AvgIpc) is 2.62. The van der Waals surface area contributed by atoms with Crippen LogP contribution in [0.2, 0.25) is 0 Å². The lowest BCUT2D eigenvalue weighted by atomic mass is 9.90. The summed E-state index contributed by atoms with van der Waals surface area (Å²) < 4.78 is 5.96. The van der Waals surface area contributed by atoms with E-state index in [0.717, 1.165) is 28.0 Å². The fraction of sp³-hybridized carbons (Fsp3) is 0.455. The van der Waals surface area contributed by atoms with E-state index in [0.29, 0.717) is 26.1 Å². The standard InChI is InChI=1S/C22H29NO4/c1-15-10-16(2)17(3)20(11-15)27-14-22(26)13-23(9-8-21(22)25)12-18-4-6-19(24)7-5-18/h4-7,10-11,21,24-26H,8-9,12-14H2,1-3H3/t21-,22-/m0/s1. The summed E-state index contributed by atoms with van der Waals surface area (Å²) in [6.45, 7) is 7.79. The first-order valence-corrected chi connectivity index (χ1v) is 9.38. The summed E-state index contributed by atoms with van der Waals surface area (Å²) >= 11 is 0. The Bertz CT molecular complexity index is 790. The number of piperidine rings is 1. The molecule has 1 fully saturated rings. The topological polar surface area (TPSA) is 73.2 Å². The Morgan fingerprint density at radius 2 is 1.85 bits per heavy atom. The van der Waals surface area contributed by atoms with Crippen molar-refractivity contribution >= 4 is 0 Å². The molecule has 0 saturated carbocycles. The van der Waals surface area contributed by atoms with Crippen LogP contribution in [0, 0.1) is 20.8 Å². The Morgan fingerprint density at radius 3 is 2.56 bits per heavy atom. The van der Waals surface area contributed by atoms with Crippen LogP contribution < -0.4 is 4.74 Å². The number of aryl methyl sites for hydroxylation is 2. The van der Waals surface area contributed by atoms with Crippen LogP contribution in [0.15, 0.2) is 36.4 Å². The van der Waals surface area contributed by atoms with Crippen LogP contribution in [0.5, 0.6) is 11.5 Å². The van der Waals surface area contributed by atoms with Crippen molar-refractivity contribution in [2.75, 3.05) is 19.7 Å². The van der Waals surface area contributed by atoms with E-state index in [1.54, 1.807) is 12.1 Å². The molecule has 0 radical (unpaired) electrons. The second-order valence-electron chi connectivity index (χ2n) is 7.78. The second kappa shape index (κ2) is 7.89. The van der Waals surface area contributed by atoms with E-state index in [-0.39, 0.29) is 12.4 Å². The predicted molar refractivity (Wildman–Crippen MR) is 105 cm³/mol. The zero-order valence-corrected chi connectivity index (χ0v) is 16.3. The molecule has 1 heterocycles. The lowest BCUT2D eigenvalue weighted by Crippen LogP contribution is -2.59. The van der Waals surface area contributed by atoms with Crippen LogP contribution >= 0.6 is 0 Å². The third-order valence-corrected chi connectivity index (χ3v) is 5.42. The Morgan fingerprint density at radius 1 is 1.15 bits per heavy atom. The van der Waals surface area contributed by atoms with Gasteiger partial charge >= 0.3 is 0 Å². The van der Waals surface area contributed by atoms with Crippen molar-refractivity contribution in [3.63, 3.8) is 0 Å². The number of phenolic OH excluding ortho intramolecular Hbond substituents is 1. The van der Waals surface area contributed by atoms with E-state index in [4.69, 9.17) is 4.74 Å². The number of rotatable bonds is 5. The fourth-order valence-corrected chi connectivity index (χ4v) is 3.63. The van der Waals surface area contributed by atoms with E-state index in [1.807, 2.05) is 39.0 Å². The van der Waals surface area contributed by atoms with Crippen LogP contribution in [-0.4, -0.2) is 51.6 Å². The van der Waals surface area contributed by atoms with Gasteiger partial charge in [0.1, 0.15) is 23.7 Å². The van der Waals surface area contributed by atoms with E-state index >= 15 is 0 Å². The van der Waals surface area contributed by atoms with Gasteiger partial charge in [0.25, 0.3) is 0 Å². The minimum Gasteiger partial charge on any atom is -0.508 e. The molecule has 3 rings (SSSR count). The molecule has 0 aliphatic carbocycles. The van der Waals surface area contributed by atoms with Gasteiger partial charge in [-0.05, 0) is 67.6 Å². The molecule has 2 atom stereocenters. The summed E-state index contributed by atoms with van der Waals surface area (Å²) in [5, 5.41) is 30.9. The van der Waals surface area contributed by atoms with E-state index in [1.165, 1.54) is 0 Å². The van der Waals surface area contributed by atoms with Gasteiger partial charge in [0.15, 0.2) is 0 Å². The highest BCUT2D eigenvalue weighted by Gasteiger charge is 2.42. The first-order chi connectivity index (χ1) is 12.8. The van der Waals surface area contributed by atoms with Gasteiger partial charge in [0, 0.05) is 19.6 Å². The maximum absolute atomic E-state index is 11.1. The molecule has 1 saturated heterocycles. The normalized spacial score (nSPS) is 23.4. The number of nitrogens with zero attached hydrogens (tertiary/aromatic N) is 1. The molecular formula is C22H29NO4. The lowest BCUT2D eigenvalue weighted by Gasteiger charge is -2.42. The van der Waals surface area contributed by atoms with Crippen molar-refractivity contribution in [1.82, 2.24) is 4.90 Å². The molecule has 3 N–H and O–H groups in total. The molecule has 0 bridgehead atoms. The number of aromatic hydroxyl groups is 1. The van der Waals surface area contributed by atoms with Gasteiger partial charge in [0.05, 0.1) is 6.10 Å². The van der Waals surface area contributed by atoms with Crippen LogP contribution in [-0.2, 0) is 6.54 Å². The molecule has 5 heteroatoms. The van der Waals surface area contributed by atoms with Crippen molar-refractivity contribution < 1.29 is 20.1 Å². The van der Waals surface area contributed by atoms with Gasteiger partial charge in [-0.1, -0.05) is 18.2 Å². The van der Waals surface area contributed by atoms with Crippen molar-refractivity contribution in [2.24, 2.45) is 0 Å². The number of β-amino-alcohol motifs (C(OH)–C–C–N with tert-alkyl or cyclic N) is 1. The van der Waals surface area contributed by atoms with Gasteiger partial charge in [-0.25, -0.2) is 0 Å². The Labute approximate surface area is 160 Å². The molecular weight excluding hydrogens is 342 g/mol. The second-order valence-corrected chi connectivity index (χ2v) is 7.78. The van der Waals surface area contributed by atoms with Crippen molar-refractivity contribution in [3.8, 4) is 11.5 Å². The number of aliphatic hydroxyl groups is 2. The lowest BCUT2D eigenvalue weighted by molar-refractivity contribution is -0.140. The SMILES string of the molecule is Cc1cc(C)c(C)c(OC[C@@]2(O)CN(Cc3ccc(O)cc3)CC[C@@H]2O)c1. The van der Waals surface area contributed by atoms with Crippen molar-refractivity contribution in [1.29, 1.82) is 0 Å². The zero-order chi connectivity index (χ0) is 19.6. The van der Waals surface area contributed by atoms with Crippen LogP contribution in [0.3, 0.4) is 0 Å². The van der Waals surface area contributed by atoms with Crippen LogP contribution in [0.4, 0.5) is 0 Å². The maximum atomic E-state index is 11.1. The van der Waals surface area contributed by atoms with Gasteiger partial charge in [-0.2, -0.15) is 0 Å². The number of hydrogen-bond acceptors (Lipinski definition) is 5. The Hall–Kier alpha value is -2.08. The zero-order valence-electron chi connectivity index (χ0n) is 16.3. The molecule has 1 aliphatic heterocycles. The number of phenols is 1. The molecule has 5 nitrogen and oxygen atoms in total. The summed E-state index contributed by atoms with van der Waals surface area (Å²) in [6, 6.07) is 11.1. The highest BCUT2D eigenvalue weighted by Crippen LogP contribution is 2.28. The summed E-state index contributed by atoms with van der Waals surface area (Å²) in [5.74, 6) is 0.991. The summed E-state index contributed by atoms with van der Waals surface area (Å²) in [5.41, 5.74) is 3.04. The Kier molecular flexibility index (Phi) is 5.75. The first-order valence-electron chi connectivity index (χ1n) is 9.38. The van der Waals surface area contributed by atoms with Gasteiger partial charge in [-0.3, -0.25) is 4.90 Å². The molecule has 2 aromatic carbocycles. The number of likely N-dealkylation sites (tertiary alicyclic amines) is 1. The third kappa shape index (κ3) is 4.61. The molecule has 0 unspecified atom stereocenters. The highest BCUT2D eigenvalue weighted by atomic mass is 16.5. The van der Waals surface area contributed by atoms with Crippen molar-refractivity contribution in [2.45, 2.75) is 45.4 Å². The van der Waals surface area contributed by atoms with Crippen LogP contribution in [0.1, 0.15) is 28.7 Å². The van der Waals surface area contributed by atoms with Gasteiger partial charge < -0.3 is 20.1 Å². The van der Waals surface area contributed by atoms with E-state index < -0.39 is 11.7 Å². The summed E-state index contributed by atoms with van der Waals surface area (Å²) in [7, 11) is 0. The Balaban J connectivity index is 1.68. The molecule has 0 spiro atoms. The third-order valence-electron chi connectivity index (χ3n) is 5.42. The van der Waals surface area contributed by atoms with Gasteiger partial charge in [0.2, 0.25) is 0 Å². The number of ether oxygens (including phenoxy) is 1. The molecule has 0 amide bonds. The number of benzene rings is 2. The number of hydrogen-bond donors (Lipinski definition) is 3. The van der Waals surface area contributed by atoms with E-state index in [2.05, 4.69) is 11.0 Å². The molecule has 0 aromatic heterocycles. The quantitative estimate of drug-likeness (QED) is 0.754.